The van der Waals surface area contributed by atoms with Crippen LogP contribution in [0.2, 0.25) is 0 Å². The smallest absolute Gasteiger partial charge is 0.0323 e. The second kappa shape index (κ2) is 5.88. The van der Waals surface area contributed by atoms with Crippen molar-refractivity contribution >= 4 is 0 Å². The Morgan fingerprint density at radius 3 is 2.22 bits per heavy atom. The summed E-state index contributed by atoms with van der Waals surface area (Å²) >= 11 is 0. The van der Waals surface area contributed by atoms with Gasteiger partial charge in [-0.2, -0.15) is 0 Å². The summed E-state index contributed by atoms with van der Waals surface area (Å²) in [6.07, 6.45) is 11.2. The normalized spacial score (nSPS) is 26.1. The van der Waals surface area contributed by atoms with Crippen LogP contribution >= 0.6 is 0 Å². The number of hydrogen-bond acceptors (Lipinski definition) is 1. The van der Waals surface area contributed by atoms with Gasteiger partial charge in [-0.25, -0.2) is 0 Å². The van der Waals surface area contributed by atoms with Crippen LogP contribution in [0.1, 0.15) is 74.5 Å². The van der Waals surface area contributed by atoms with Crippen molar-refractivity contribution in [3.63, 3.8) is 0 Å². The van der Waals surface area contributed by atoms with Crippen molar-refractivity contribution in [3.8, 4) is 0 Å². The van der Waals surface area contributed by atoms with Crippen LogP contribution in [0.5, 0.6) is 0 Å². The molecule has 1 aliphatic heterocycles. The molecular formula is C17H25N. The van der Waals surface area contributed by atoms with Crippen molar-refractivity contribution in [2.24, 2.45) is 0 Å². The fraction of sp³-hybridized carbons (Fsp3) is 0.647. The van der Waals surface area contributed by atoms with Gasteiger partial charge in [0.1, 0.15) is 0 Å². The molecule has 0 radical (unpaired) electrons. The average molecular weight is 243 g/mol. The van der Waals surface area contributed by atoms with Crippen LogP contribution in [0.15, 0.2) is 24.3 Å². The zero-order valence-corrected chi connectivity index (χ0v) is 11.3. The zero-order valence-electron chi connectivity index (χ0n) is 11.3. The lowest BCUT2D eigenvalue weighted by Crippen LogP contribution is -2.28. The zero-order chi connectivity index (χ0) is 12.2. The van der Waals surface area contributed by atoms with E-state index >= 15 is 0 Å². The lowest BCUT2D eigenvalue weighted by atomic mass is 9.80. The molecule has 1 aromatic carbocycles. The number of hydrogen-bond donors (Lipinski definition) is 1. The Labute approximate surface area is 111 Å². The van der Waals surface area contributed by atoms with Gasteiger partial charge in [0.05, 0.1) is 0 Å². The van der Waals surface area contributed by atoms with Gasteiger partial charge in [0, 0.05) is 6.04 Å². The number of nitrogens with one attached hydrogen (secondary N) is 1. The maximum atomic E-state index is 3.71. The lowest BCUT2D eigenvalue weighted by Gasteiger charge is -2.30. The van der Waals surface area contributed by atoms with E-state index < -0.39 is 0 Å². The third-order valence-electron chi connectivity index (χ3n) is 4.73. The van der Waals surface area contributed by atoms with Gasteiger partial charge in [0.2, 0.25) is 0 Å². The first-order valence-electron chi connectivity index (χ1n) is 7.77. The predicted molar refractivity (Wildman–Crippen MR) is 76.9 cm³/mol. The highest BCUT2D eigenvalue weighted by molar-refractivity contribution is 5.33. The van der Waals surface area contributed by atoms with Crippen molar-refractivity contribution in [1.82, 2.24) is 5.32 Å². The minimum atomic E-state index is 0.622. The van der Waals surface area contributed by atoms with Crippen LogP contribution < -0.4 is 5.32 Å². The summed E-state index contributed by atoms with van der Waals surface area (Å²) < 4.78 is 0. The molecule has 1 heteroatoms. The maximum Gasteiger partial charge on any atom is 0.0323 e. The Bertz CT molecular complexity index is 336. The van der Waals surface area contributed by atoms with E-state index in [1.54, 1.807) is 11.1 Å². The largest absolute Gasteiger partial charge is 0.310 e. The molecule has 0 aromatic heterocycles. The molecule has 18 heavy (non-hydrogen) atoms. The lowest BCUT2D eigenvalue weighted by molar-refractivity contribution is 0.398. The fourth-order valence-corrected chi connectivity index (χ4v) is 3.73. The standard InChI is InChI=1S/C17H25N/c1-2-8-14(9-3-1)15-10-4-5-11-16(15)17-12-6-7-13-18-17/h4-5,10-11,14,17-18H,1-3,6-9,12-13H2. The van der Waals surface area contributed by atoms with Gasteiger partial charge in [-0.3, -0.25) is 0 Å². The van der Waals surface area contributed by atoms with Gasteiger partial charge in [-0.05, 0) is 49.3 Å². The van der Waals surface area contributed by atoms with E-state index in [-0.39, 0.29) is 0 Å². The molecule has 0 amide bonds. The first-order valence-corrected chi connectivity index (χ1v) is 7.77. The minimum Gasteiger partial charge on any atom is -0.310 e. The average Bonchev–Trinajstić information content (AvgIpc) is 2.49. The van der Waals surface area contributed by atoms with Crippen LogP contribution in [0.25, 0.3) is 0 Å². The van der Waals surface area contributed by atoms with E-state index in [2.05, 4.69) is 29.6 Å². The molecule has 2 aliphatic rings. The summed E-state index contributed by atoms with van der Waals surface area (Å²) in [4.78, 5) is 0. The maximum absolute atomic E-state index is 3.71. The summed E-state index contributed by atoms with van der Waals surface area (Å²) in [5, 5.41) is 3.71. The molecule has 2 fully saturated rings. The highest BCUT2D eigenvalue weighted by atomic mass is 14.9. The van der Waals surface area contributed by atoms with E-state index in [0.29, 0.717) is 6.04 Å². The SMILES string of the molecule is c1ccc(C2CCCCN2)c(C2CCCCC2)c1. The van der Waals surface area contributed by atoms with Gasteiger partial charge in [0.25, 0.3) is 0 Å². The molecular weight excluding hydrogens is 218 g/mol. The molecule has 1 heterocycles. The number of piperidine rings is 1. The number of benzene rings is 1. The van der Waals surface area contributed by atoms with Crippen molar-refractivity contribution in [2.75, 3.05) is 6.54 Å². The third kappa shape index (κ3) is 2.61. The molecule has 1 unspecified atom stereocenters. The Hall–Kier alpha value is -0.820. The van der Waals surface area contributed by atoms with Crippen LogP contribution in [0.3, 0.4) is 0 Å². The van der Waals surface area contributed by atoms with Crippen molar-refractivity contribution in [1.29, 1.82) is 0 Å². The van der Waals surface area contributed by atoms with Crippen LogP contribution in [0.4, 0.5) is 0 Å². The third-order valence-corrected chi connectivity index (χ3v) is 4.73. The van der Waals surface area contributed by atoms with Gasteiger partial charge in [-0.15, -0.1) is 0 Å². The molecule has 1 atom stereocenters. The molecule has 98 valence electrons. The Morgan fingerprint density at radius 2 is 1.50 bits per heavy atom. The second-order valence-electron chi connectivity index (χ2n) is 5.97. The van der Waals surface area contributed by atoms with Crippen LogP contribution in [-0.2, 0) is 0 Å². The van der Waals surface area contributed by atoms with Crippen LogP contribution in [0, 0.1) is 0 Å². The summed E-state index contributed by atoms with van der Waals surface area (Å²) in [5.41, 5.74) is 3.25. The molecule has 1 N–H and O–H groups in total. The molecule has 0 bridgehead atoms. The van der Waals surface area contributed by atoms with Crippen LogP contribution in [-0.4, -0.2) is 6.54 Å². The highest BCUT2D eigenvalue weighted by Gasteiger charge is 2.22. The quantitative estimate of drug-likeness (QED) is 0.803. The van der Waals surface area contributed by atoms with Gasteiger partial charge < -0.3 is 5.32 Å². The Kier molecular flexibility index (Phi) is 3.99. The fourth-order valence-electron chi connectivity index (χ4n) is 3.73. The molecule has 0 spiro atoms. The van der Waals surface area contributed by atoms with E-state index in [0.717, 1.165) is 5.92 Å². The summed E-state index contributed by atoms with van der Waals surface area (Å²) in [5.74, 6) is 0.832. The number of rotatable bonds is 2. The summed E-state index contributed by atoms with van der Waals surface area (Å²) in [6.45, 7) is 1.20. The first-order chi connectivity index (χ1) is 8.95. The summed E-state index contributed by atoms with van der Waals surface area (Å²) in [6, 6.07) is 9.83. The Morgan fingerprint density at radius 1 is 0.778 bits per heavy atom. The van der Waals surface area contributed by atoms with E-state index in [4.69, 9.17) is 0 Å². The molecule has 1 saturated heterocycles. The minimum absolute atomic E-state index is 0.622. The molecule has 1 saturated carbocycles. The summed E-state index contributed by atoms with van der Waals surface area (Å²) in [7, 11) is 0. The molecule has 1 nitrogen and oxygen atoms in total. The Balaban J connectivity index is 1.83. The predicted octanol–water partition coefficient (Wildman–Crippen LogP) is 4.55. The van der Waals surface area contributed by atoms with Gasteiger partial charge >= 0.3 is 0 Å². The van der Waals surface area contributed by atoms with Crippen molar-refractivity contribution in [2.45, 2.75) is 63.3 Å². The first kappa shape index (κ1) is 12.2. The monoisotopic (exact) mass is 243 g/mol. The topological polar surface area (TPSA) is 12.0 Å². The highest BCUT2D eigenvalue weighted by Crippen LogP contribution is 2.37. The molecule has 1 aromatic rings. The van der Waals surface area contributed by atoms with E-state index in [1.807, 2.05) is 0 Å². The van der Waals surface area contributed by atoms with E-state index in [9.17, 15) is 0 Å². The molecule has 1 aliphatic carbocycles. The van der Waals surface area contributed by atoms with Crippen molar-refractivity contribution < 1.29 is 0 Å². The van der Waals surface area contributed by atoms with E-state index in [1.165, 1.54) is 57.9 Å². The molecule has 3 rings (SSSR count). The van der Waals surface area contributed by atoms with Gasteiger partial charge in [0.15, 0.2) is 0 Å². The second-order valence-corrected chi connectivity index (χ2v) is 5.97. The van der Waals surface area contributed by atoms with Gasteiger partial charge in [-0.1, -0.05) is 49.9 Å². The van der Waals surface area contributed by atoms with Crippen molar-refractivity contribution in [3.05, 3.63) is 35.4 Å².